The average molecular weight is 210 g/mol. The monoisotopic (exact) mass is 210 g/mol. The summed E-state index contributed by atoms with van der Waals surface area (Å²) in [5.41, 5.74) is 0.591. The number of Topliss-reactive ketones (excluding diaryl/α,β-unsaturated/α-hetero) is 1. The zero-order chi connectivity index (χ0) is 11.6. The predicted octanol–water partition coefficient (Wildman–Crippen LogP) is 2.11. The van der Waals surface area contributed by atoms with Crippen molar-refractivity contribution in [2.45, 2.75) is 33.6 Å². The molecule has 3 heteroatoms. The molecule has 1 saturated carbocycles. The quantitative estimate of drug-likeness (QED) is 0.518. The molecule has 84 valence electrons. The molecule has 0 heterocycles. The third kappa shape index (κ3) is 2.67. The lowest BCUT2D eigenvalue weighted by molar-refractivity contribution is -0.144. The fraction of sp³-hybridized carbons (Fsp3) is 0.667. The second-order valence-electron chi connectivity index (χ2n) is 4.79. The van der Waals surface area contributed by atoms with E-state index >= 15 is 0 Å². The Morgan fingerprint density at radius 2 is 2.20 bits per heavy atom. The maximum atomic E-state index is 11.5. The standard InChI is InChI=1S/C12H18O3/c1-8-10(7-15-9(2)13)12(3,4)6-5-11(8)14/h10H,1,5-7H2,2-4H3/t10-/m1/s1. The van der Waals surface area contributed by atoms with Crippen molar-refractivity contribution in [3.63, 3.8) is 0 Å². The topological polar surface area (TPSA) is 43.4 Å². The van der Waals surface area contributed by atoms with Crippen molar-refractivity contribution in [3.05, 3.63) is 12.2 Å². The number of carbonyl (C=O) groups is 2. The molecule has 0 aromatic carbocycles. The van der Waals surface area contributed by atoms with Crippen molar-refractivity contribution < 1.29 is 14.3 Å². The molecule has 0 saturated heterocycles. The lowest BCUT2D eigenvalue weighted by Crippen LogP contribution is -2.37. The molecule has 1 aliphatic carbocycles. The molecular weight excluding hydrogens is 192 g/mol. The summed E-state index contributed by atoms with van der Waals surface area (Å²) in [6.45, 7) is 9.62. The van der Waals surface area contributed by atoms with Crippen molar-refractivity contribution in [2.75, 3.05) is 6.61 Å². The van der Waals surface area contributed by atoms with Crippen LogP contribution in [-0.4, -0.2) is 18.4 Å². The van der Waals surface area contributed by atoms with Crippen LogP contribution in [0.15, 0.2) is 12.2 Å². The van der Waals surface area contributed by atoms with Crippen LogP contribution in [0.4, 0.5) is 0 Å². The Labute approximate surface area is 90.5 Å². The second-order valence-corrected chi connectivity index (χ2v) is 4.79. The van der Waals surface area contributed by atoms with Gasteiger partial charge < -0.3 is 4.74 Å². The first-order valence-electron chi connectivity index (χ1n) is 5.20. The first kappa shape index (κ1) is 12.0. The van der Waals surface area contributed by atoms with Gasteiger partial charge in [0.1, 0.15) is 0 Å². The first-order valence-corrected chi connectivity index (χ1v) is 5.20. The molecule has 0 unspecified atom stereocenters. The Hall–Kier alpha value is -1.12. The number of rotatable bonds is 2. The summed E-state index contributed by atoms with van der Waals surface area (Å²) >= 11 is 0. The molecule has 1 fully saturated rings. The summed E-state index contributed by atoms with van der Waals surface area (Å²) in [5, 5.41) is 0. The number of carbonyl (C=O) groups excluding carboxylic acids is 2. The largest absolute Gasteiger partial charge is 0.465 e. The van der Waals surface area contributed by atoms with Gasteiger partial charge in [0, 0.05) is 19.3 Å². The molecule has 0 aromatic rings. The Balaban J connectivity index is 2.74. The third-order valence-electron chi connectivity index (χ3n) is 3.17. The van der Waals surface area contributed by atoms with Crippen LogP contribution in [0.5, 0.6) is 0 Å². The van der Waals surface area contributed by atoms with Gasteiger partial charge in [0.2, 0.25) is 0 Å². The van der Waals surface area contributed by atoms with Gasteiger partial charge in [0.25, 0.3) is 0 Å². The summed E-state index contributed by atoms with van der Waals surface area (Å²) in [7, 11) is 0. The van der Waals surface area contributed by atoms with E-state index in [1.54, 1.807) is 0 Å². The fourth-order valence-corrected chi connectivity index (χ4v) is 1.96. The maximum Gasteiger partial charge on any atom is 0.302 e. The summed E-state index contributed by atoms with van der Waals surface area (Å²) in [5.74, 6) is -0.245. The summed E-state index contributed by atoms with van der Waals surface area (Å²) in [4.78, 5) is 22.2. The highest BCUT2D eigenvalue weighted by molar-refractivity contribution is 5.96. The number of ketones is 1. The highest BCUT2D eigenvalue weighted by atomic mass is 16.5. The minimum Gasteiger partial charge on any atom is -0.465 e. The van der Waals surface area contributed by atoms with E-state index in [0.717, 1.165) is 6.42 Å². The average Bonchev–Trinajstić information content (AvgIpc) is 2.11. The van der Waals surface area contributed by atoms with E-state index in [0.29, 0.717) is 12.0 Å². The molecule has 1 rings (SSSR count). The zero-order valence-corrected chi connectivity index (χ0v) is 9.63. The smallest absolute Gasteiger partial charge is 0.302 e. The van der Waals surface area contributed by atoms with E-state index < -0.39 is 0 Å². The lowest BCUT2D eigenvalue weighted by Gasteiger charge is -2.38. The van der Waals surface area contributed by atoms with Crippen molar-refractivity contribution in [1.82, 2.24) is 0 Å². The fourth-order valence-electron chi connectivity index (χ4n) is 1.96. The van der Waals surface area contributed by atoms with Crippen LogP contribution in [0, 0.1) is 11.3 Å². The molecule has 1 atom stereocenters. The molecule has 0 aliphatic heterocycles. The predicted molar refractivity (Wildman–Crippen MR) is 57.3 cm³/mol. The van der Waals surface area contributed by atoms with E-state index in [2.05, 4.69) is 20.4 Å². The van der Waals surface area contributed by atoms with Crippen LogP contribution < -0.4 is 0 Å². The first-order chi connectivity index (χ1) is 6.84. The maximum absolute atomic E-state index is 11.5. The molecule has 3 nitrogen and oxygen atoms in total. The van der Waals surface area contributed by atoms with Crippen molar-refractivity contribution in [2.24, 2.45) is 11.3 Å². The number of hydrogen-bond acceptors (Lipinski definition) is 3. The van der Waals surface area contributed by atoms with Gasteiger partial charge in [-0.05, 0) is 17.4 Å². The van der Waals surface area contributed by atoms with Gasteiger partial charge in [-0.2, -0.15) is 0 Å². The van der Waals surface area contributed by atoms with Gasteiger partial charge >= 0.3 is 5.97 Å². The van der Waals surface area contributed by atoms with Crippen LogP contribution >= 0.6 is 0 Å². The van der Waals surface area contributed by atoms with Gasteiger partial charge in [0.15, 0.2) is 5.78 Å². The van der Waals surface area contributed by atoms with Crippen molar-refractivity contribution >= 4 is 11.8 Å². The van der Waals surface area contributed by atoms with Crippen LogP contribution in [0.1, 0.15) is 33.6 Å². The summed E-state index contributed by atoms with van der Waals surface area (Å²) < 4.78 is 4.98. The second kappa shape index (κ2) is 4.17. The highest BCUT2D eigenvalue weighted by Crippen LogP contribution is 2.41. The van der Waals surface area contributed by atoms with E-state index in [1.807, 2.05) is 0 Å². The van der Waals surface area contributed by atoms with E-state index in [4.69, 9.17) is 4.74 Å². The van der Waals surface area contributed by atoms with Gasteiger partial charge in [-0.25, -0.2) is 0 Å². The summed E-state index contributed by atoms with van der Waals surface area (Å²) in [6, 6.07) is 0. The van der Waals surface area contributed by atoms with Crippen LogP contribution in [0.3, 0.4) is 0 Å². The van der Waals surface area contributed by atoms with Crippen LogP contribution in [0.25, 0.3) is 0 Å². The van der Waals surface area contributed by atoms with E-state index in [9.17, 15) is 9.59 Å². The minimum absolute atomic E-state index is 0.0134. The van der Waals surface area contributed by atoms with E-state index in [-0.39, 0.29) is 29.7 Å². The normalized spacial score (nSPS) is 25.1. The third-order valence-corrected chi connectivity index (χ3v) is 3.17. The molecule has 0 spiro atoms. The van der Waals surface area contributed by atoms with Gasteiger partial charge in [-0.3, -0.25) is 9.59 Å². The number of esters is 1. The Kier molecular flexibility index (Phi) is 3.32. The Morgan fingerprint density at radius 1 is 1.60 bits per heavy atom. The highest BCUT2D eigenvalue weighted by Gasteiger charge is 2.39. The van der Waals surface area contributed by atoms with E-state index in [1.165, 1.54) is 6.92 Å². The molecule has 15 heavy (non-hydrogen) atoms. The lowest BCUT2D eigenvalue weighted by atomic mass is 9.66. The molecule has 1 aliphatic rings. The SMILES string of the molecule is C=C1C(=O)CCC(C)(C)[C@@H]1COC(C)=O. The molecular formula is C12H18O3. The van der Waals surface area contributed by atoms with Gasteiger partial charge in [0.05, 0.1) is 6.61 Å². The molecule has 0 N–H and O–H groups in total. The zero-order valence-electron chi connectivity index (χ0n) is 9.63. The molecule has 0 aromatic heterocycles. The molecule has 0 bridgehead atoms. The Bertz CT molecular complexity index is 302. The summed E-state index contributed by atoms with van der Waals surface area (Å²) in [6.07, 6.45) is 1.39. The van der Waals surface area contributed by atoms with Gasteiger partial charge in [-0.1, -0.05) is 20.4 Å². The number of hydrogen-bond donors (Lipinski definition) is 0. The van der Waals surface area contributed by atoms with Gasteiger partial charge in [-0.15, -0.1) is 0 Å². The Morgan fingerprint density at radius 3 is 2.73 bits per heavy atom. The minimum atomic E-state index is -0.309. The van der Waals surface area contributed by atoms with Crippen molar-refractivity contribution in [1.29, 1.82) is 0 Å². The van der Waals surface area contributed by atoms with Crippen LogP contribution in [-0.2, 0) is 14.3 Å². The number of ether oxygens (including phenoxy) is 1. The van der Waals surface area contributed by atoms with Crippen molar-refractivity contribution in [3.8, 4) is 0 Å². The van der Waals surface area contributed by atoms with Crippen LogP contribution in [0.2, 0.25) is 0 Å². The molecule has 0 radical (unpaired) electrons. The molecule has 0 amide bonds.